The van der Waals surface area contributed by atoms with Crippen molar-refractivity contribution in [1.82, 2.24) is 0 Å². The molecular weight excluding hydrogens is 331 g/mol. The molecule has 2 nitrogen and oxygen atoms in total. The van der Waals surface area contributed by atoms with E-state index < -0.39 is 29.6 Å². The summed E-state index contributed by atoms with van der Waals surface area (Å²) >= 11 is 5.51. The van der Waals surface area contributed by atoms with E-state index >= 15 is 0 Å². The Morgan fingerprint density at radius 1 is 1.10 bits per heavy atom. The molecule has 0 saturated heterocycles. The van der Waals surface area contributed by atoms with Crippen LogP contribution in [0.15, 0.2) is 18.2 Å². The van der Waals surface area contributed by atoms with Gasteiger partial charge in [-0.2, -0.15) is 30.7 Å². The van der Waals surface area contributed by atoms with Crippen LogP contribution < -0.4 is 5.32 Å². The van der Waals surface area contributed by atoms with Gasteiger partial charge in [-0.05, 0) is 24.6 Å². The minimum Gasteiger partial charge on any atom is -0.320 e. The number of hydrogen-bond donors (Lipinski definition) is 1. The average molecular weight is 338 g/mol. The molecule has 10 heteroatoms. The van der Waals surface area contributed by atoms with Gasteiger partial charge in [0.1, 0.15) is 0 Å². The van der Waals surface area contributed by atoms with Gasteiger partial charge in [0.15, 0.2) is 0 Å². The molecule has 0 aromatic heterocycles. The zero-order valence-corrected chi connectivity index (χ0v) is 10.9. The van der Waals surface area contributed by atoms with E-state index in [1.54, 1.807) is 0 Å². The van der Waals surface area contributed by atoms with Gasteiger partial charge in [-0.1, -0.05) is 17.7 Å². The fraction of sp³-hybridized carbons (Fsp3) is 0.364. The number of carbonyl (C=O) groups is 1. The standard InChI is InChI=1S/C11H7ClF7NO/c1-5-2-3-6(12)4-7(5)20-8(21)9(13,14)10(15,16)11(17,18)19/h2-4H,1H3,(H,20,21). The molecule has 0 saturated carbocycles. The van der Waals surface area contributed by atoms with Crippen molar-refractivity contribution in [3.05, 3.63) is 28.8 Å². The third kappa shape index (κ3) is 3.22. The van der Waals surface area contributed by atoms with Crippen molar-refractivity contribution < 1.29 is 35.5 Å². The van der Waals surface area contributed by atoms with Crippen LogP contribution in [0.2, 0.25) is 5.02 Å². The molecule has 0 aliphatic rings. The molecule has 0 aliphatic carbocycles. The third-order valence-electron chi connectivity index (χ3n) is 2.48. The smallest absolute Gasteiger partial charge is 0.320 e. The first-order valence-electron chi connectivity index (χ1n) is 5.20. The predicted molar refractivity (Wildman–Crippen MR) is 60.8 cm³/mol. The van der Waals surface area contributed by atoms with Gasteiger partial charge in [-0.25, -0.2) is 0 Å². The number of aryl methyl sites for hydroxylation is 1. The van der Waals surface area contributed by atoms with E-state index in [9.17, 15) is 35.5 Å². The highest BCUT2D eigenvalue weighted by Crippen LogP contribution is 2.46. The fourth-order valence-electron chi connectivity index (χ4n) is 1.25. The van der Waals surface area contributed by atoms with E-state index in [2.05, 4.69) is 0 Å². The van der Waals surface area contributed by atoms with Gasteiger partial charge in [0.25, 0.3) is 0 Å². The Kier molecular flexibility index (Phi) is 4.48. The summed E-state index contributed by atoms with van der Waals surface area (Å²) in [6.45, 7) is 1.31. The molecule has 0 aliphatic heterocycles. The van der Waals surface area contributed by atoms with Crippen LogP contribution in [-0.2, 0) is 4.79 Å². The molecule has 1 amide bonds. The van der Waals surface area contributed by atoms with Gasteiger partial charge >= 0.3 is 23.9 Å². The number of nitrogens with one attached hydrogen (secondary N) is 1. The first kappa shape index (κ1) is 17.5. The number of anilines is 1. The van der Waals surface area contributed by atoms with Crippen LogP contribution >= 0.6 is 11.6 Å². The van der Waals surface area contributed by atoms with Crippen molar-refractivity contribution in [2.24, 2.45) is 0 Å². The summed E-state index contributed by atoms with van der Waals surface area (Å²) in [6.07, 6.45) is -6.57. The van der Waals surface area contributed by atoms with Crippen molar-refractivity contribution in [3.8, 4) is 0 Å². The van der Waals surface area contributed by atoms with Crippen molar-refractivity contribution >= 4 is 23.2 Å². The molecule has 1 rings (SSSR count). The first-order valence-corrected chi connectivity index (χ1v) is 5.58. The molecule has 1 aromatic carbocycles. The monoisotopic (exact) mass is 337 g/mol. The summed E-state index contributed by atoms with van der Waals surface area (Å²) in [4.78, 5) is 11.1. The maximum absolute atomic E-state index is 13.1. The second kappa shape index (κ2) is 5.36. The van der Waals surface area contributed by atoms with E-state index in [4.69, 9.17) is 11.6 Å². The lowest BCUT2D eigenvalue weighted by molar-refractivity contribution is -0.343. The largest absolute Gasteiger partial charge is 0.460 e. The first-order chi connectivity index (χ1) is 9.30. The summed E-state index contributed by atoms with van der Waals surface area (Å²) < 4.78 is 87.4. The highest BCUT2D eigenvalue weighted by molar-refractivity contribution is 6.31. The topological polar surface area (TPSA) is 29.1 Å². The molecule has 0 heterocycles. The summed E-state index contributed by atoms with van der Waals surface area (Å²) in [5.74, 6) is -15.3. The van der Waals surface area contributed by atoms with E-state index in [0.717, 1.165) is 6.07 Å². The molecular formula is C11H7ClF7NO. The lowest BCUT2D eigenvalue weighted by atomic mass is 10.1. The zero-order chi connectivity index (χ0) is 16.6. The summed E-state index contributed by atoms with van der Waals surface area (Å²) in [6, 6.07) is 3.52. The Balaban J connectivity index is 3.10. The van der Waals surface area contributed by atoms with Gasteiger partial charge in [-0.3, -0.25) is 4.79 Å². The van der Waals surface area contributed by atoms with Crippen LogP contribution in [0, 0.1) is 6.92 Å². The van der Waals surface area contributed by atoms with E-state index in [1.165, 1.54) is 24.4 Å². The summed E-state index contributed by atoms with van der Waals surface area (Å²) in [7, 11) is 0. The van der Waals surface area contributed by atoms with Crippen molar-refractivity contribution in [2.75, 3.05) is 5.32 Å². The van der Waals surface area contributed by atoms with E-state index in [0.29, 0.717) is 0 Å². The zero-order valence-electron chi connectivity index (χ0n) is 10.2. The Labute approximate surface area is 118 Å². The molecule has 21 heavy (non-hydrogen) atoms. The number of halogens is 8. The van der Waals surface area contributed by atoms with Crippen LogP contribution in [0.5, 0.6) is 0 Å². The number of alkyl halides is 7. The van der Waals surface area contributed by atoms with E-state index in [-0.39, 0.29) is 10.6 Å². The Bertz CT molecular complexity index is 556. The summed E-state index contributed by atoms with van der Waals surface area (Å²) in [5, 5.41) is 1.29. The number of carbonyl (C=O) groups excluding carboxylic acids is 1. The lowest BCUT2D eigenvalue weighted by Gasteiger charge is -2.27. The second-order valence-corrected chi connectivity index (χ2v) is 4.50. The maximum atomic E-state index is 13.1. The fourth-order valence-corrected chi connectivity index (χ4v) is 1.42. The Hall–Kier alpha value is -1.51. The van der Waals surface area contributed by atoms with Gasteiger partial charge in [0, 0.05) is 10.7 Å². The molecule has 0 fully saturated rings. The van der Waals surface area contributed by atoms with E-state index in [1.807, 2.05) is 0 Å². The number of rotatable bonds is 3. The molecule has 1 N–H and O–H groups in total. The molecule has 118 valence electrons. The molecule has 0 atom stereocenters. The Morgan fingerprint density at radius 2 is 1.62 bits per heavy atom. The lowest BCUT2D eigenvalue weighted by Crippen LogP contribution is -2.57. The highest BCUT2D eigenvalue weighted by atomic mass is 35.5. The highest BCUT2D eigenvalue weighted by Gasteiger charge is 2.76. The van der Waals surface area contributed by atoms with Crippen molar-refractivity contribution in [2.45, 2.75) is 24.9 Å². The quantitative estimate of drug-likeness (QED) is 0.813. The van der Waals surface area contributed by atoms with Gasteiger partial charge in [0.2, 0.25) is 0 Å². The average Bonchev–Trinajstić information content (AvgIpc) is 2.32. The van der Waals surface area contributed by atoms with Crippen molar-refractivity contribution in [3.63, 3.8) is 0 Å². The van der Waals surface area contributed by atoms with Gasteiger partial charge in [-0.15, -0.1) is 0 Å². The SMILES string of the molecule is Cc1ccc(Cl)cc1NC(=O)C(F)(F)C(F)(F)C(F)(F)F. The molecule has 0 radical (unpaired) electrons. The molecule has 0 unspecified atom stereocenters. The molecule has 0 bridgehead atoms. The second-order valence-electron chi connectivity index (χ2n) is 4.06. The number of benzene rings is 1. The van der Waals surface area contributed by atoms with Crippen LogP contribution in [0.25, 0.3) is 0 Å². The van der Waals surface area contributed by atoms with Crippen LogP contribution in [0.1, 0.15) is 5.56 Å². The third-order valence-corrected chi connectivity index (χ3v) is 2.72. The minimum atomic E-state index is -6.57. The molecule has 0 spiro atoms. The Morgan fingerprint density at radius 3 is 2.10 bits per heavy atom. The van der Waals surface area contributed by atoms with Crippen LogP contribution in [0.3, 0.4) is 0 Å². The van der Waals surface area contributed by atoms with Crippen molar-refractivity contribution in [1.29, 1.82) is 0 Å². The number of amides is 1. The van der Waals surface area contributed by atoms with Crippen LogP contribution in [0.4, 0.5) is 36.4 Å². The molecule has 1 aromatic rings. The van der Waals surface area contributed by atoms with Gasteiger partial charge in [0.05, 0.1) is 0 Å². The predicted octanol–water partition coefficient (Wildman–Crippen LogP) is 4.42. The minimum absolute atomic E-state index is 0.0261. The van der Waals surface area contributed by atoms with Gasteiger partial charge < -0.3 is 5.32 Å². The maximum Gasteiger partial charge on any atom is 0.460 e. The normalized spacial score (nSPS) is 13.2. The van der Waals surface area contributed by atoms with Crippen LogP contribution in [-0.4, -0.2) is 23.9 Å². The number of hydrogen-bond acceptors (Lipinski definition) is 1. The summed E-state index contributed by atoms with van der Waals surface area (Å²) in [5.41, 5.74) is -0.246.